The van der Waals surface area contributed by atoms with Crippen molar-refractivity contribution < 1.29 is 14.6 Å². The van der Waals surface area contributed by atoms with Crippen molar-refractivity contribution in [2.24, 2.45) is 0 Å². The van der Waals surface area contributed by atoms with Crippen LogP contribution in [0.4, 0.5) is 5.69 Å². The highest BCUT2D eigenvalue weighted by molar-refractivity contribution is 5.88. The number of amides is 1. The number of carbonyl (C=O) groups is 1. The van der Waals surface area contributed by atoms with E-state index in [9.17, 15) is 9.90 Å². The van der Waals surface area contributed by atoms with Crippen LogP contribution in [0.1, 0.15) is 6.92 Å². The van der Waals surface area contributed by atoms with Crippen LogP contribution in [0.15, 0.2) is 60.7 Å². The molecule has 0 unspecified atom stereocenters. The molecule has 0 aromatic heterocycles. The molecule has 0 aliphatic rings. The van der Waals surface area contributed by atoms with Crippen molar-refractivity contribution in [2.45, 2.75) is 6.92 Å². The van der Waals surface area contributed by atoms with E-state index in [1.807, 2.05) is 24.3 Å². The third-order valence-corrected chi connectivity index (χ3v) is 3.21. The minimum Gasteiger partial charge on any atom is -0.508 e. The second kappa shape index (κ2) is 5.77. The first kappa shape index (κ1) is 13.9. The van der Waals surface area contributed by atoms with Gasteiger partial charge in [-0.25, -0.2) is 0 Å². The number of hydrogen-bond donors (Lipinski definition) is 2. The fraction of sp³-hybridized carbons (Fsp3) is 0.0556. The van der Waals surface area contributed by atoms with Gasteiger partial charge >= 0.3 is 0 Å². The van der Waals surface area contributed by atoms with Gasteiger partial charge < -0.3 is 15.2 Å². The lowest BCUT2D eigenvalue weighted by Gasteiger charge is -2.08. The molecule has 0 fully saturated rings. The van der Waals surface area contributed by atoms with E-state index in [1.165, 1.54) is 6.92 Å². The fourth-order valence-corrected chi connectivity index (χ4v) is 2.22. The van der Waals surface area contributed by atoms with Crippen LogP contribution in [-0.2, 0) is 4.79 Å². The molecule has 22 heavy (non-hydrogen) atoms. The maximum Gasteiger partial charge on any atom is 0.221 e. The quantitative estimate of drug-likeness (QED) is 0.757. The van der Waals surface area contributed by atoms with Gasteiger partial charge in [-0.3, -0.25) is 4.79 Å². The van der Waals surface area contributed by atoms with Gasteiger partial charge in [0, 0.05) is 12.6 Å². The predicted octanol–water partition coefficient (Wildman–Crippen LogP) is 4.30. The van der Waals surface area contributed by atoms with Crippen LogP contribution in [0.25, 0.3) is 10.8 Å². The summed E-state index contributed by atoms with van der Waals surface area (Å²) in [4.78, 5) is 11.0. The number of ether oxygens (including phenoxy) is 1. The molecule has 4 nitrogen and oxygen atoms in total. The number of hydrogen-bond acceptors (Lipinski definition) is 3. The van der Waals surface area contributed by atoms with Gasteiger partial charge in [0.2, 0.25) is 5.91 Å². The molecule has 0 spiro atoms. The molecule has 110 valence electrons. The van der Waals surface area contributed by atoms with Crippen LogP contribution in [0.5, 0.6) is 17.2 Å². The predicted molar refractivity (Wildman–Crippen MR) is 86.4 cm³/mol. The number of benzene rings is 3. The van der Waals surface area contributed by atoms with E-state index in [2.05, 4.69) is 5.32 Å². The highest BCUT2D eigenvalue weighted by Gasteiger charge is 2.02. The maximum atomic E-state index is 11.0. The van der Waals surface area contributed by atoms with Crippen LogP contribution in [0.3, 0.4) is 0 Å². The van der Waals surface area contributed by atoms with Crippen LogP contribution in [-0.4, -0.2) is 11.0 Å². The number of fused-ring (bicyclic) bond motifs is 1. The molecule has 0 heterocycles. The van der Waals surface area contributed by atoms with Gasteiger partial charge in [-0.2, -0.15) is 0 Å². The number of aromatic hydroxyl groups is 1. The standard InChI is InChI=1S/C18H15NO3/c1-12(20)19-15-4-8-17(9-5-15)22-18-7-3-13-2-6-16(21)10-14(13)11-18/h2-11,21H,1H3,(H,19,20). The summed E-state index contributed by atoms with van der Waals surface area (Å²) in [6, 6.07) is 18.0. The largest absolute Gasteiger partial charge is 0.508 e. The van der Waals surface area contributed by atoms with E-state index in [4.69, 9.17) is 4.74 Å². The molecule has 0 saturated heterocycles. The topological polar surface area (TPSA) is 58.6 Å². The maximum absolute atomic E-state index is 11.0. The fourth-order valence-electron chi connectivity index (χ4n) is 2.22. The lowest BCUT2D eigenvalue weighted by Crippen LogP contribution is -2.05. The zero-order chi connectivity index (χ0) is 15.5. The molecule has 3 aromatic rings. The van der Waals surface area contributed by atoms with E-state index < -0.39 is 0 Å². The Morgan fingerprint density at radius 2 is 1.59 bits per heavy atom. The lowest BCUT2D eigenvalue weighted by molar-refractivity contribution is -0.114. The van der Waals surface area contributed by atoms with Crippen molar-refractivity contribution in [2.75, 3.05) is 5.32 Å². The average molecular weight is 293 g/mol. The summed E-state index contributed by atoms with van der Waals surface area (Å²) < 4.78 is 5.79. The van der Waals surface area contributed by atoms with Crippen molar-refractivity contribution >= 4 is 22.4 Å². The molecule has 0 radical (unpaired) electrons. The number of anilines is 1. The Hall–Kier alpha value is -3.01. The Kier molecular flexibility index (Phi) is 3.66. The number of phenols is 1. The first-order valence-electron chi connectivity index (χ1n) is 6.88. The zero-order valence-corrected chi connectivity index (χ0v) is 12.0. The summed E-state index contributed by atoms with van der Waals surface area (Å²) in [5, 5.41) is 14.2. The van der Waals surface area contributed by atoms with E-state index in [1.54, 1.807) is 36.4 Å². The minimum absolute atomic E-state index is 0.108. The molecule has 0 atom stereocenters. The number of carbonyl (C=O) groups excluding carboxylic acids is 1. The highest BCUT2D eigenvalue weighted by Crippen LogP contribution is 2.28. The lowest BCUT2D eigenvalue weighted by atomic mass is 10.1. The third-order valence-electron chi connectivity index (χ3n) is 3.21. The van der Waals surface area contributed by atoms with Crippen molar-refractivity contribution in [1.29, 1.82) is 0 Å². The molecule has 0 bridgehead atoms. The monoisotopic (exact) mass is 293 g/mol. The van der Waals surface area contributed by atoms with Gasteiger partial charge in [-0.05, 0) is 59.3 Å². The zero-order valence-electron chi connectivity index (χ0n) is 12.0. The van der Waals surface area contributed by atoms with Gasteiger partial charge in [-0.1, -0.05) is 12.1 Å². The summed E-state index contributed by atoms with van der Waals surface area (Å²) in [6.45, 7) is 1.47. The summed E-state index contributed by atoms with van der Waals surface area (Å²) in [5.41, 5.74) is 0.725. The van der Waals surface area contributed by atoms with Gasteiger partial charge in [0.1, 0.15) is 17.2 Å². The normalized spacial score (nSPS) is 10.4. The Labute approximate surface area is 128 Å². The van der Waals surface area contributed by atoms with Crippen molar-refractivity contribution in [3.05, 3.63) is 60.7 Å². The molecule has 0 aliphatic heterocycles. The summed E-state index contributed by atoms with van der Waals surface area (Å²) in [5.74, 6) is 1.48. The number of phenolic OH excluding ortho intramolecular Hbond substituents is 1. The molecule has 3 aromatic carbocycles. The molecular weight excluding hydrogens is 278 g/mol. The van der Waals surface area contributed by atoms with E-state index in [0.29, 0.717) is 11.5 Å². The highest BCUT2D eigenvalue weighted by atomic mass is 16.5. The summed E-state index contributed by atoms with van der Waals surface area (Å²) in [6.07, 6.45) is 0. The summed E-state index contributed by atoms with van der Waals surface area (Å²) >= 11 is 0. The Morgan fingerprint density at radius 1 is 0.909 bits per heavy atom. The molecular formula is C18H15NO3. The first-order chi connectivity index (χ1) is 10.6. The number of rotatable bonds is 3. The molecule has 0 saturated carbocycles. The van der Waals surface area contributed by atoms with Gasteiger partial charge in [0.25, 0.3) is 0 Å². The van der Waals surface area contributed by atoms with E-state index in [0.717, 1.165) is 16.5 Å². The Bertz CT molecular complexity index is 825. The van der Waals surface area contributed by atoms with Crippen molar-refractivity contribution in [3.8, 4) is 17.2 Å². The first-order valence-corrected chi connectivity index (χ1v) is 6.88. The molecule has 2 N–H and O–H groups in total. The van der Waals surface area contributed by atoms with Crippen LogP contribution in [0.2, 0.25) is 0 Å². The average Bonchev–Trinajstić information content (AvgIpc) is 2.48. The SMILES string of the molecule is CC(=O)Nc1ccc(Oc2ccc3ccc(O)cc3c2)cc1. The Balaban J connectivity index is 1.81. The Morgan fingerprint density at radius 3 is 2.32 bits per heavy atom. The van der Waals surface area contributed by atoms with E-state index >= 15 is 0 Å². The second-order valence-electron chi connectivity index (χ2n) is 5.00. The molecule has 3 rings (SSSR count). The van der Waals surface area contributed by atoms with Crippen molar-refractivity contribution in [3.63, 3.8) is 0 Å². The van der Waals surface area contributed by atoms with Gasteiger partial charge in [0.05, 0.1) is 0 Å². The van der Waals surface area contributed by atoms with Gasteiger partial charge in [-0.15, -0.1) is 0 Å². The summed E-state index contributed by atoms with van der Waals surface area (Å²) in [7, 11) is 0. The molecule has 0 aliphatic carbocycles. The smallest absolute Gasteiger partial charge is 0.221 e. The second-order valence-corrected chi connectivity index (χ2v) is 5.00. The van der Waals surface area contributed by atoms with Crippen LogP contribution < -0.4 is 10.1 Å². The van der Waals surface area contributed by atoms with Crippen LogP contribution in [0, 0.1) is 0 Å². The molecule has 4 heteroatoms. The minimum atomic E-state index is -0.108. The van der Waals surface area contributed by atoms with Crippen LogP contribution >= 0.6 is 0 Å². The van der Waals surface area contributed by atoms with E-state index in [-0.39, 0.29) is 11.7 Å². The van der Waals surface area contributed by atoms with Gasteiger partial charge in [0.15, 0.2) is 0 Å². The number of nitrogens with one attached hydrogen (secondary N) is 1. The van der Waals surface area contributed by atoms with Crippen molar-refractivity contribution in [1.82, 2.24) is 0 Å². The third kappa shape index (κ3) is 3.17. The molecule has 1 amide bonds.